The Kier molecular flexibility index (Phi) is 3.99. The molecule has 1 aromatic rings. The van der Waals surface area contributed by atoms with E-state index in [9.17, 15) is 0 Å². The lowest BCUT2D eigenvalue weighted by Gasteiger charge is -2.23. The second-order valence-electron chi connectivity index (χ2n) is 4.06. The lowest BCUT2D eigenvalue weighted by Crippen LogP contribution is -2.42. The van der Waals surface area contributed by atoms with Crippen LogP contribution >= 0.6 is 0 Å². The molecule has 0 aliphatic carbocycles. The molecule has 1 heterocycles. The summed E-state index contributed by atoms with van der Waals surface area (Å²) in [7, 11) is 1.78. The molecule has 5 heteroatoms. The molecule has 1 aromatic heterocycles. The van der Waals surface area contributed by atoms with Crippen LogP contribution in [0.3, 0.4) is 0 Å². The molecule has 0 aliphatic rings. The summed E-state index contributed by atoms with van der Waals surface area (Å²) in [5, 5.41) is 15.1. The third kappa shape index (κ3) is 3.81. The van der Waals surface area contributed by atoms with Gasteiger partial charge in [-0.05, 0) is 13.8 Å². The Hall–Kier alpha value is -1.20. The van der Waals surface area contributed by atoms with E-state index in [2.05, 4.69) is 20.6 Å². The number of hydrogen-bond acceptors (Lipinski definition) is 5. The van der Waals surface area contributed by atoms with Crippen LogP contribution in [-0.2, 0) is 6.54 Å². The zero-order valence-corrected chi connectivity index (χ0v) is 9.41. The van der Waals surface area contributed by atoms with Gasteiger partial charge in [0.1, 0.15) is 0 Å². The number of anilines is 1. The fourth-order valence-corrected chi connectivity index (χ4v) is 0.972. The normalized spacial score (nSPS) is 11.5. The molecular formula is C10H18N4O. The molecule has 0 fully saturated rings. The third-order valence-corrected chi connectivity index (χ3v) is 2.10. The first kappa shape index (κ1) is 11.9. The van der Waals surface area contributed by atoms with Gasteiger partial charge in [-0.25, -0.2) is 9.97 Å². The topological polar surface area (TPSA) is 70.1 Å². The van der Waals surface area contributed by atoms with E-state index < -0.39 is 0 Å². The van der Waals surface area contributed by atoms with E-state index in [1.807, 2.05) is 13.8 Å². The Morgan fingerprint density at radius 2 is 1.93 bits per heavy atom. The van der Waals surface area contributed by atoms with Crippen LogP contribution in [0.4, 0.5) is 5.95 Å². The Morgan fingerprint density at radius 1 is 1.33 bits per heavy atom. The first-order valence-corrected chi connectivity index (χ1v) is 4.92. The fourth-order valence-electron chi connectivity index (χ4n) is 0.972. The summed E-state index contributed by atoms with van der Waals surface area (Å²) in [5.74, 6) is 0.611. The summed E-state index contributed by atoms with van der Waals surface area (Å²) in [5.41, 5.74) is 0.720. The maximum atomic E-state index is 9.05. The van der Waals surface area contributed by atoms with Crippen molar-refractivity contribution in [3.8, 4) is 0 Å². The highest BCUT2D eigenvalue weighted by Crippen LogP contribution is 2.04. The van der Waals surface area contributed by atoms with Gasteiger partial charge in [-0.3, -0.25) is 0 Å². The average molecular weight is 210 g/mol. The van der Waals surface area contributed by atoms with Crippen molar-refractivity contribution in [1.29, 1.82) is 0 Å². The summed E-state index contributed by atoms with van der Waals surface area (Å²) in [6.45, 7) is 4.63. The minimum absolute atomic E-state index is 0.0997. The number of aromatic nitrogens is 2. The maximum Gasteiger partial charge on any atom is 0.222 e. The lowest BCUT2D eigenvalue weighted by molar-refractivity contribution is 0.187. The summed E-state index contributed by atoms with van der Waals surface area (Å²) in [6.07, 6.45) is 3.53. The summed E-state index contributed by atoms with van der Waals surface area (Å²) < 4.78 is 0. The number of hydrogen-bond donors (Lipinski definition) is 3. The molecule has 0 saturated carbocycles. The first-order valence-electron chi connectivity index (χ1n) is 4.92. The fraction of sp³-hybridized carbons (Fsp3) is 0.600. The zero-order chi connectivity index (χ0) is 11.3. The smallest absolute Gasteiger partial charge is 0.222 e. The predicted octanol–water partition coefficient (Wildman–Crippen LogP) is 0.379. The van der Waals surface area contributed by atoms with Gasteiger partial charge in [0.25, 0.3) is 0 Å². The molecule has 0 spiro atoms. The molecule has 0 unspecified atom stereocenters. The molecule has 5 nitrogen and oxygen atoms in total. The second kappa shape index (κ2) is 5.04. The van der Waals surface area contributed by atoms with Crippen LogP contribution in [-0.4, -0.2) is 34.3 Å². The summed E-state index contributed by atoms with van der Waals surface area (Å²) >= 11 is 0. The van der Waals surface area contributed by atoms with Gasteiger partial charge in [0, 0.05) is 37.1 Å². The number of aliphatic hydroxyl groups is 1. The number of rotatable bonds is 5. The standard InChI is InChI=1S/C10H18N4O/c1-10(2,7-15)14-6-8-4-12-9(11-3)13-5-8/h4-5,14-15H,6-7H2,1-3H3,(H,11,12,13). The monoisotopic (exact) mass is 210 g/mol. The van der Waals surface area contributed by atoms with Crippen molar-refractivity contribution >= 4 is 5.95 Å². The highest BCUT2D eigenvalue weighted by atomic mass is 16.3. The van der Waals surface area contributed by atoms with Crippen LogP contribution in [0.5, 0.6) is 0 Å². The third-order valence-electron chi connectivity index (χ3n) is 2.10. The van der Waals surface area contributed by atoms with Gasteiger partial charge < -0.3 is 15.7 Å². The molecule has 0 aliphatic heterocycles. The Morgan fingerprint density at radius 3 is 2.40 bits per heavy atom. The van der Waals surface area contributed by atoms with Gasteiger partial charge in [0.05, 0.1) is 6.61 Å². The molecule has 3 N–H and O–H groups in total. The van der Waals surface area contributed by atoms with E-state index in [1.54, 1.807) is 19.4 Å². The number of nitrogens with one attached hydrogen (secondary N) is 2. The maximum absolute atomic E-state index is 9.05. The van der Waals surface area contributed by atoms with Crippen molar-refractivity contribution in [3.05, 3.63) is 18.0 Å². The molecule has 84 valence electrons. The van der Waals surface area contributed by atoms with Gasteiger partial charge in [-0.1, -0.05) is 0 Å². The number of aliphatic hydroxyl groups excluding tert-OH is 1. The SMILES string of the molecule is CNc1ncc(CNC(C)(C)CO)cn1. The van der Waals surface area contributed by atoms with Crippen LogP contribution in [0.1, 0.15) is 19.4 Å². The molecule has 0 saturated heterocycles. The predicted molar refractivity (Wildman–Crippen MR) is 59.6 cm³/mol. The number of nitrogens with zero attached hydrogens (tertiary/aromatic N) is 2. The van der Waals surface area contributed by atoms with Gasteiger partial charge in [-0.2, -0.15) is 0 Å². The van der Waals surface area contributed by atoms with Crippen LogP contribution < -0.4 is 10.6 Å². The Balaban J connectivity index is 2.51. The van der Waals surface area contributed by atoms with Crippen LogP contribution in [0.25, 0.3) is 0 Å². The summed E-state index contributed by atoms with van der Waals surface area (Å²) in [6, 6.07) is 0. The van der Waals surface area contributed by atoms with Crippen molar-refractivity contribution in [2.75, 3.05) is 19.0 Å². The minimum Gasteiger partial charge on any atom is -0.394 e. The van der Waals surface area contributed by atoms with Gasteiger partial charge in [-0.15, -0.1) is 0 Å². The van der Waals surface area contributed by atoms with Crippen molar-refractivity contribution < 1.29 is 5.11 Å². The van der Waals surface area contributed by atoms with Gasteiger partial charge >= 0.3 is 0 Å². The van der Waals surface area contributed by atoms with Crippen LogP contribution in [0.15, 0.2) is 12.4 Å². The quantitative estimate of drug-likeness (QED) is 0.655. The molecule has 0 atom stereocenters. The summed E-state index contributed by atoms with van der Waals surface area (Å²) in [4.78, 5) is 8.20. The van der Waals surface area contributed by atoms with Crippen molar-refractivity contribution in [1.82, 2.24) is 15.3 Å². The Bertz CT molecular complexity index is 297. The first-order chi connectivity index (χ1) is 7.07. The highest BCUT2D eigenvalue weighted by Gasteiger charge is 2.14. The second-order valence-corrected chi connectivity index (χ2v) is 4.06. The lowest BCUT2D eigenvalue weighted by atomic mass is 10.1. The zero-order valence-electron chi connectivity index (χ0n) is 9.41. The molecule has 15 heavy (non-hydrogen) atoms. The van der Waals surface area contributed by atoms with E-state index in [0.717, 1.165) is 5.56 Å². The van der Waals surface area contributed by atoms with E-state index in [0.29, 0.717) is 12.5 Å². The average Bonchev–Trinajstić information content (AvgIpc) is 2.27. The highest BCUT2D eigenvalue weighted by molar-refractivity contribution is 5.23. The van der Waals surface area contributed by atoms with E-state index in [4.69, 9.17) is 5.11 Å². The minimum atomic E-state index is -0.276. The van der Waals surface area contributed by atoms with Gasteiger partial charge in [0.2, 0.25) is 5.95 Å². The molecular weight excluding hydrogens is 192 g/mol. The molecule has 1 rings (SSSR count). The molecule has 0 radical (unpaired) electrons. The van der Waals surface area contributed by atoms with E-state index in [1.165, 1.54) is 0 Å². The van der Waals surface area contributed by atoms with E-state index in [-0.39, 0.29) is 12.1 Å². The van der Waals surface area contributed by atoms with Crippen LogP contribution in [0.2, 0.25) is 0 Å². The van der Waals surface area contributed by atoms with Crippen molar-refractivity contribution in [3.63, 3.8) is 0 Å². The van der Waals surface area contributed by atoms with Gasteiger partial charge in [0.15, 0.2) is 0 Å². The largest absolute Gasteiger partial charge is 0.394 e. The Labute approximate surface area is 90.0 Å². The van der Waals surface area contributed by atoms with Crippen LogP contribution in [0, 0.1) is 0 Å². The van der Waals surface area contributed by atoms with Crippen molar-refractivity contribution in [2.45, 2.75) is 25.9 Å². The van der Waals surface area contributed by atoms with Crippen molar-refractivity contribution in [2.24, 2.45) is 0 Å². The molecule has 0 amide bonds. The molecule has 0 aromatic carbocycles. The van der Waals surface area contributed by atoms with E-state index >= 15 is 0 Å². The molecule has 0 bridgehead atoms.